The summed E-state index contributed by atoms with van der Waals surface area (Å²) in [6.45, 7) is 7.16. The van der Waals surface area contributed by atoms with Crippen molar-refractivity contribution in [1.82, 2.24) is 4.98 Å². The molecule has 0 unspecified atom stereocenters. The molecule has 0 aliphatic rings. The molecule has 0 radical (unpaired) electrons. The number of nitrogens with zero attached hydrogens (tertiary/aromatic N) is 2. The molecule has 1 aromatic heterocycles. The number of rotatable bonds is 4. The molecule has 0 amide bonds. The van der Waals surface area contributed by atoms with Crippen molar-refractivity contribution in [3.63, 3.8) is 0 Å². The highest BCUT2D eigenvalue weighted by atomic mass is 79.9. The Labute approximate surface area is 123 Å². The maximum Gasteiger partial charge on any atom is 0.339 e. The lowest BCUT2D eigenvalue weighted by molar-refractivity contribution is 0.0690. The van der Waals surface area contributed by atoms with Crippen molar-refractivity contribution in [2.75, 3.05) is 0 Å². The third-order valence-electron chi connectivity index (χ3n) is 2.52. The van der Waals surface area contributed by atoms with E-state index < -0.39 is 5.97 Å². The van der Waals surface area contributed by atoms with Crippen LogP contribution in [0.5, 0.6) is 5.75 Å². The van der Waals surface area contributed by atoms with E-state index in [0.29, 0.717) is 0 Å². The van der Waals surface area contributed by atoms with E-state index >= 15 is 0 Å². The Hall–Kier alpha value is -2.39. The van der Waals surface area contributed by atoms with Crippen molar-refractivity contribution < 1.29 is 14.6 Å². The highest BCUT2D eigenvalue weighted by Gasteiger charge is 2.21. The van der Waals surface area contributed by atoms with Gasteiger partial charge in [0, 0.05) is 0 Å². The van der Waals surface area contributed by atoms with E-state index in [2.05, 4.69) is 25.8 Å². The number of carboxylic acids is 1. The lowest BCUT2D eigenvalue weighted by Gasteiger charge is -2.09. The minimum absolute atomic E-state index is 0.00513. The Morgan fingerprint density at radius 1 is 1.40 bits per heavy atom. The highest BCUT2D eigenvalue weighted by Crippen LogP contribution is 2.33. The summed E-state index contributed by atoms with van der Waals surface area (Å²) in [5.74, 6) is -1.05. The number of carboxylic acid groups (broad SMARTS) is 1. The monoisotopic (exact) mass is 332 g/mol. The van der Waals surface area contributed by atoms with E-state index in [4.69, 9.17) is 11.3 Å². The average molecular weight is 333 g/mol. The van der Waals surface area contributed by atoms with Gasteiger partial charge in [-0.05, 0) is 5.56 Å². The zero-order valence-electron chi connectivity index (χ0n) is 10.2. The first-order valence-corrected chi connectivity index (χ1v) is 6.38. The molecule has 100 valence electrons. The number of benzene rings is 1. The van der Waals surface area contributed by atoms with Gasteiger partial charge in [0.05, 0.1) is 4.47 Å². The molecule has 0 aliphatic carbocycles. The van der Waals surface area contributed by atoms with Crippen LogP contribution in [0.15, 0.2) is 41.0 Å². The van der Waals surface area contributed by atoms with E-state index in [1.807, 2.05) is 30.3 Å². The van der Waals surface area contributed by atoms with E-state index in [1.54, 1.807) is 0 Å². The Morgan fingerprint density at radius 2 is 2.10 bits per heavy atom. The second kappa shape index (κ2) is 6.17. The number of halogens is 1. The van der Waals surface area contributed by atoms with Crippen LogP contribution in [0, 0.1) is 6.57 Å². The molecule has 0 bridgehead atoms. The summed E-state index contributed by atoms with van der Waals surface area (Å²) in [6.07, 6.45) is 1.25. The Balaban J connectivity index is 2.31. The molecule has 1 aromatic carbocycles. The van der Waals surface area contributed by atoms with Gasteiger partial charge in [0.2, 0.25) is 0 Å². The number of hydrogen-bond acceptors (Lipinski definition) is 3. The molecule has 2 rings (SSSR count). The van der Waals surface area contributed by atoms with Crippen LogP contribution >= 0.6 is 15.9 Å². The fourth-order valence-electron chi connectivity index (χ4n) is 1.58. The van der Waals surface area contributed by atoms with Crippen molar-refractivity contribution in [3.8, 4) is 5.75 Å². The number of hydrogen-bond donors (Lipinski definition) is 1. The minimum atomic E-state index is -1.17. The molecule has 0 saturated carbocycles. The van der Waals surface area contributed by atoms with Gasteiger partial charge in [-0.1, -0.05) is 52.8 Å². The van der Waals surface area contributed by atoms with Gasteiger partial charge in [0.1, 0.15) is 12.2 Å². The zero-order valence-corrected chi connectivity index (χ0v) is 11.8. The first kappa shape index (κ1) is 14.0. The quantitative estimate of drug-likeness (QED) is 0.867. The van der Waals surface area contributed by atoms with Crippen LogP contribution < -0.4 is 4.74 Å². The maximum absolute atomic E-state index is 11.3. The first-order valence-electron chi connectivity index (χ1n) is 5.59. The fraction of sp³-hybridized carbons (Fsp3) is 0.0714. The third kappa shape index (κ3) is 2.95. The van der Waals surface area contributed by atoms with Crippen molar-refractivity contribution in [3.05, 3.63) is 63.5 Å². The number of ether oxygens (including phenoxy) is 1. The molecule has 1 heterocycles. The summed E-state index contributed by atoms with van der Waals surface area (Å²) in [5.41, 5.74) is 0.816. The van der Waals surface area contributed by atoms with Gasteiger partial charge in [-0.2, -0.15) is 0 Å². The summed E-state index contributed by atoms with van der Waals surface area (Å²) in [7, 11) is 0. The second-order valence-corrected chi connectivity index (χ2v) is 4.62. The third-order valence-corrected chi connectivity index (χ3v) is 3.27. The molecule has 6 heteroatoms. The predicted octanol–water partition coefficient (Wildman–Crippen LogP) is 3.67. The van der Waals surface area contributed by atoms with Crippen LogP contribution in [0.4, 0.5) is 5.82 Å². The van der Waals surface area contributed by atoms with E-state index in [-0.39, 0.29) is 28.2 Å². The largest absolute Gasteiger partial charge is 0.484 e. The van der Waals surface area contributed by atoms with E-state index in [0.717, 1.165) is 5.56 Å². The molecular weight excluding hydrogens is 324 g/mol. The topological polar surface area (TPSA) is 63.8 Å². The van der Waals surface area contributed by atoms with Gasteiger partial charge in [-0.25, -0.2) is 4.79 Å². The van der Waals surface area contributed by atoms with Gasteiger partial charge >= 0.3 is 5.97 Å². The van der Waals surface area contributed by atoms with Gasteiger partial charge in [0.15, 0.2) is 11.9 Å². The van der Waals surface area contributed by atoms with E-state index in [1.165, 1.54) is 6.20 Å². The van der Waals surface area contributed by atoms with E-state index in [9.17, 15) is 9.90 Å². The van der Waals surface area contributed by atoms with Crippen molar-refractivity contribution in [1.29, 1.82) is 0 Å². The highest BCUT2D eigenvalue weighted by molar-refractivity contribution is 9.10. The Bertz CT molecular complexity index is 681. The molecule has 2 aromatic rings. The van der Waals surface area contributed by atoms with Gasteiger partial charge < -0.3 is 14.7 Å². The molecule has 1 N–H and O–H groups in total. The van der Waals surface area contributed by atoms with Gasteiger partial charge in [-0.3, -0.25) is 0 Å². The smallest absolute Gasteiger partial charge is 0.339 e. The van der Waals surface area contributed by atoms with Crippen LogP contribution in [0.3, 0.4) is 0 Å². The standard InChI is InChI=1S/C14H9BrN2O3/c1-16-13-12(15)11(14(18)19)10(7-17-13)20-8-9-5-3-2-4-6-9/h2-7H,8H2,(H,18,19). The average Bonchev–Trinajstić information content (AvgIpc) is 2.45. The normalized spacial score (nSPS) is 9.80. The summed E-state index contributed by atoms with van der Waals surface area (Å²) in [5, 5.41) is 9.22. The first-order chi connectivity index (χ1) is 9.63. The molecule has 0 saturated heterocycles. The number of aromatic carboxylic acids is 1. The van der Waals surface area contributed by atoms with Crippen LogP contribution in [-0.2, 0) is 6.61 Å². The molecule has 0 spiro atoms. The summed E-state index contributed by atoms with van der Waals surface area (Å²) in [4.78, 5) is 18.3. The SMILES string of the molecule is [C-]#[N+]c1ncc(OCc2ccccc2)c(C(=O)O)c1Br. The Kier molecular flexibility index (Phi) is 4.33. The lowest BCUT2D eigenvalue weighted by Crippen LogP contribution is -2.05. The lowest BCUT2D eigenvalue weighted by atomic mass is 10.2. The second-order valence-electron chi connectivity index (χ2n) is 3.83. The van der Waals surface area contributed by atoms with Crippen molar-refractivity contribution >= 4 is 27.7 Å². The van der Waals surface area contributed by atoms with Crippen LogP contribution in [-0.4, -0.2) is 16.1 Å². The molecular formula is C14H9BrN2O3. The molecule has 0 aliphatic heterocycles. The number of aromatic nitrogens is 1. The van der Waals surface area contributed by atoms with Crippen molar-refractivity contribution in [2.45, 2.75) is 6.61 Å². The molecule has 20 heavy (non-hydrogen) atoms. The number of carbonyl (C=O) groups is 1. The van der Waals surface area contributed by atoms with Gasteiger partial charge in [0.25, 0.3) is 5.82 Å². The fourth-order valence-corrected chi connectivity index (χ4v) is 2.14. The molecule has 0 atom stereocenters. The molecule has 5 nitrogen and oxygen atoms in total. The zero-order chi connectivity index (χ0) is 14.5. The summed E-state index contributed by atoms with van der Waals surface area (Å²) >= 11 is 3.08. The minimum Gasteiger partial charge on any atom is -0.484 e. The summed E-state index contributed by atoms with van der Waals surface area (Å²) < 4.78 is 5.62. The van der Waals surface area contributed by atoms with Crippen LogP contribution in [0.25, 0.3) is 4.85 Å². The number of pyridine rings is 1. The van der Waals surface area contributed by atoms with Crippen LogP contribution in [0.1, 0.15) is 15.9 Å². The Morgan fingerprint density at radius 3 is 2.70 bits per heavy atom. The summed E-state index contributed by atoms with van der Waals surface area (Å²) in [6, 6.07) is 9.36. The van der Waals surface area contributed by atoms with Crippen LogP contribution in [0.2, 0.25) is 0 Å². The molecule has 0 fully saturated rings. The predicted molar refractivity (Wildman–Crippen MR) is 75.9 cm³/mol. The van der Waals surface area contributed by atoms with Crippen molar-refractivity contribution in [2.24, 2.45) is 0 Å². The maximum atomic E-state index is 11.3. The van der Waals surface area contributed by atoms with Gasteiger partial charge in [-0.15, -0.1) is 4.98 Å².